The number of nitrogens with zero attached hydrogens (tertiary/aromatic N) is 4. The van der Waals surface area contributed by atoms with E-state index >= 15 is 0 Å². The minimum absolute atomic E-state index is 0.0270. The fourth-order valence-electron chi connectivity index (χ4n) is 2.72. The lowest BCUT2D eigenvalue weighted by atomic mass is 10.2. The Morgan fingerprint density at radius 3 is 3.15 bits per heavy atom. The number of halogens is 1. The van der Waals surface area contributed by atoms with Crippen LogP contribution in [-0.2, 0) is 6.54 Å². The molecule has 0 radical (unpaired) electrons. The molecule has 3 N–H and O–H groups in total. The highest BCUT2D eigenvalue weighted by molar-refractivity contribution is 14.1. The topological polar surface area (TPSA) is 97.3 Å². The first-order chi connectivity index (χ1) is 9.58. The van der Waals surface area contributed by atoms with Gasteiger partial charge in [0.15, 0.2) is 0 Å². The van der Waals surface area contributed by atoms with E-state index in [1.54, 1.807) is 6.20 Å². The lowest BCUT2D eigenvalue weighted by molar-refractivity contribution is 0.135. The van der Waals surface area contributed by atoms with Crippen molar-refractivity contribution < 1.29 is 9.90 Å². The van der Waals surface area contributed by atoms with Crippen LogP contribution in [-0.4, -0.2) is 43.5 Å². The van der Waals surface area contributed by atoms with E-state index in [2.05, 4.69) is 32.7 Å². The highest BCUT2D eigenvalue weighted by Crippen LogP contribution is 2.26. The molecular formula is C12H14IN5O2. The molecule has 0 spiro atoms. The summed E-state index contributed by atoms with van der Waals surface area (Å²) in [4.78, 5) is 16.8. The first kappa shape index (κ1) is 13.4. The lowest BCUT2D eigenvalue weighted by Crippen LogP contribution is -2.37. The van der Waals surface area contributed by atoms with E-state index in [9.17, 15) is 9.90 Å². The number of rotatable bonds is 2. The number of likely N-dealkylation sites (tertiary alicyclic amines) is 1. The molecule has 8 heteroatoms. The van der Waals surface area contributed by atoms with Gasteiger partial charge in [0.05, 0.1) is 23.5 Å². The number of carboxylic acid groups (broad SMARTS) is 1. The van der Waals surface area contributed by atoms with Crippen molar-refractivity contribution >= 4 is 45.4 Å². The van der Waals surface area contributed by atoms with Gasteiger partial charge in [0.2, 0.25) is 0 Å². The van der Waals surface area contributed by atoms with Crippen molar-refractivity contribution in [3.8, 4) is 0 Å². The first-order valence-corrected chi connectivity index (χ1v) is 7.42. The SMILES string of the molecule is Nc1nccc2c1c(I)nn2C[C@@H]1CCCN1C(=O)O. The minimum Gasteiger partial charge on any atom is -0.465 e. The summed E-state index contributed by atoms with van der Waals surface area (Å²) in [6.45, 7) is 1.15. The Morgan fingerprint density at radius 2 is 2.40 bits per heavy atom. The number of fused-ring (bicyclic) bond motifs is 1. The monoisotopic (exact) mass is 387 g/mol. The van der Waals surface area contributed by atoms with Gasteiger partial charge in [0, 0.05) is 12.7 Å². The number of hydrogen-bond acceptors (Lipinski definition) is 4. The zero-order valence-corrected chi connectivity index (χ0v) is 12.8. The molecule has 0 saturated carbocycles. The van der Waals surface area contributed by atoms with Crippen molar-refractivity contribution in [3.63, 3.8) is 0 Å². The van der Waals surface area contributed by atoms with Gasteiger partial charge in [-0.25, -0.2) is 9.78 Å². The molecule has 0 aliphatic carbocycles. The Balaban J connectivity index is 1.96. The molecule has 2 aromatic heterocycles. The smallest absolute Gasteiger partial charge is 0.407 e. The number of hydrogen-bond donors (Lipinski definition) is 2. The standard InChI is InChI=1S/C12H14IN5O2/c13-10-9-8(3-4-15-11(9)14)18(16-10)6-7-2-1-5-17(7)12(19)20/h3-4,7H,1-2,5-6H2,(H2,14,15)(H,19,20)/t7-/m0/s1. The van der Waals surface area contributed by atoms with Gasteiger partial charge in [-0.1, -0.05) is 0 Å². The number of carbonyl (C=O) groups is 1. The van der Waals surface area contributed by atoms with Crippen LogP contribution in [0.1, 0.15) is 12.8 Å². The van der Waals surface area contributed by atoms with E-state index in [0.29, 0.717) is 18.9 Å². The Labute approximate surface area is 128 Å². The summed E-state index contributed by atoms with van der Waals surface area (Å²) < 4.78 is 2.63. The largest absolute Gasteiger partial charge is 0.465 e. The summed E-state index contributed by atoms with van der Waals surface area (Å²) in [7, 11) is 0. The van der Waals surface area contributed by atoms with E-state index in [1.165, 1.54) is 4.90 Å². The second-order valence-electron chi connectivity index (χ2n) is 4.84. The van der Waals surface area contributed by atoms with Gasteiger partial charge in [-0.2, -0.15) is 5.10 Å². The number of pyridine rings is 1. The molecule has 0 aromatic carbocycles. The molecule has 1 aliphatic rings. The van der Waals surface area contributed by atoms with E-state index in [1.807, 2.05) is 10.7 Å². The zero-order valence-electron chi connectivity index (χ0n) is 10.7. The van der Waals surface area contributed by atoms with Crippen LogP contribution in [0.25, 0.3) is 10.9 Å². The number of nitrogen functional groups attached to an aromatic ring is 1. The summed E-state index contributed by atoms with van der Waals surface area (Å²) in [6, 6.07) is 1.83. The molecule has 3 rings (SSSR count). The van der Waals surface area contributed by atoms with E-state index in [-0.39, 0.29) is 6.04 Å². The van der Waals surface area contributed by atoms with Crippen LogP contribution in [0, 0.1) is 3.70 Å². The van der Waals surface area contributed by atoms with Gasteiger partial charge < -0.3 is 15.7 Å². The Bertz CT molecular complexity index is 671. The van der Waals surface area contributed by atoms with Crippen molar-refractivity contribution in [2.45, 2.75) is 25.4 Å². The van der Waals surface area contributed by atoms with Crippen LogP contribution in [0.2, 0.25) is 0 Å². The third-order valence-corrected chi connectivity index (χ3v) is 4.41. The number of aromatic nitrogens is 3. The summed E-state index contributed by atoms with van der Waals surface area (Å²) in [5.74, 6) is 0.458. The van der Waals surface area contributed by atoms with Gasteiger partial charge >= 0.3 is 6.09 Å². The molecule has 2 aromatic rings. The Kier molecular flexibility index (Phi) is 3.40. The van der Waals surface area contributed by atoms with Crippen LogP contribution in [0.5, 0.6) is 0 Å². The van der Waals surface area contributed by atoms with Gasteiger partial charge in [-0.3, -0.25) is 4.68 Å². The molecule has 3 heterocycles. The molecular weight excluding hydrogens is 373 g/mol. The molecule has 7 nitrogen and oxygen atoms in total. The molecule has 106 valence electrons. The van der Waals surface area contributed by atoms with Gasteiger partial charge in [0.25, 0.3) is 0 Å². The maximum atomic E-state index is 11.2. The first-order valence-electron chi connectivity index (χ1n) is 6.34. The van der Waals surface area contributed by atoms with E-state index in [4.69, 9.17) is 5.73 Å². The number of nitrogens with two attached hydrogens (primary N) is 1. The van der Waals surface area contributed by atoms with Crippen LogP contribution >= 0.6 is 22.6 Å². The lowest BCUT2D eigenvalue weighted by Gasteiger charge is -2.21. The third-order valence-electron chi connectivity index (χ3n) is 3.66. The maximum absolute atomic E-state index is 11.2. The van der Waals surface area contributed by atoms with Crippen molar-refractivity contribution in [1.29, 1.82) is 0 Å². The van der Waals surface area contributed by atoms with Crippen molar-refractivity contribution in [2.24, 2.45) is 0 Å². The fourth-order valence-corrected chi connectivity index (χ4v) is 3.53. The molecule has 0 unspecified atom stereocenters. The summed E-state index contributed by atoms with van der Waals surface area (Å²) in [6.07, 6.45) is 2.55. The van der Waals surface area contributed by atoms with Crippen molar-refractivity contribution in [3.05, 3.63) is 16.0 Å². The molecule has 1 fully saturated rings. The van der Waals surface area contributed by atoms with Gasteiger partial charge in [0.1, 0.15) is 9.52 Å². The Morgan fingerprint density at radius 1 is 1.60 bits per heavy atom. The highest BCUT2D eigenvalue weighted by atomic mass is 127. The Hall–Kier alpha value is -1.58. The molecule has 20 heavy (non-hydrogen) atoms. The summed E-state index contributed by atoms with van der Waals surface area (Å²) >= 11 is 2.13. The molecule has 1 saturated heterocycles. The summed E-state index contributed by atoms with van der Waals surface area (Å²) in [5, 5.41) is 14.5. The zero-order chi connectivity index (χ0) is 14.3. The number of amides is 1. The molecule has 1 amide bonds. The quantitative estimate of drug-likeness (QED) is 0.766. The average molecular weight is 387 g/mol. The van der Waals surface area contributed by atoms with Crippen LogP contribution in [0.4, 0.5) is 10.6 Å². The van der Waals surface area contributed by atoms with Crippen LogP contribution < -0.4 is 5.73 Å². The van der Waals surface area contributed by atoms with Crippen molar-refractivity contribution in [2.75, 3.05) is 12.3 Å². The van der Waals surface area contributed by atoms with Crippen LogP contribution in [0.15, 0.2) is 12.3 Å². The second-order valence-corrected chi connectivity index (χ2v) is 5.86. The summed E-state index contributed by atoms with van der Waals surface area (Å²) in [5.41, 5.74) is 6.78. The van der Waals surface area contributed by atoms with E-state index < -0.39 is 6.09 Å². The maximum Gasteiger partial charge on any atom is 0.407 e. The van der Waals surface area contributed by atoms with E-state index in [0.717, 1.165) is 27.4 Å². The van der Waals surface area contributed by atoms with Gasteiger partial charge in [-0.15, -0.1) is 0 Å². The van der Waals surface area contributed by atoms with Crippen molar-refractivity contribution in [1.82, 2.24) is 19.7 Å². The molecule has 0 bridgehead atoms. The molecule has 1 aliphatic heterocycles. The predicted octanol–water partition coefficient (Wildman–Crippen LogP) is 1.76. The van der Waals surface area contributed by atoms with Crippen LogP contribution in [0.3, 0.4) is 0 Å². The normalized spacial score (nSPS) is 18.9. The minimum atomic E-state index is -0.861. The van der Waals surface area contributed by atoms with Gasteiger partial charge in [-0.05, 0) is 41.5 Å². The highest BCUT2D eigenvalue weighted by Gasteiger charge is 2.29. The molecule has 1 atom stereocenters. The predicted molar refractivity (Wildman–Crippen MR) is 82.4 cm³/mol. The second kappa shape index (κ2) is 5.08. The average Bonchev–Trinajstić information content (AvgIpc) is 2.97. The third kappa shape index (κ3) is 2.17. The number of anilines is 1. The fraction of sp³-hybridized carbons (Fsp3) is 0.417.